The van der Waals surface area contributed by atoms with E-state index >= 15 is 14.4 Å². The van der Waals surface area contributed by atoms with Gasteiger partial charge in [-0.1, -0.05) is 91.9 Å². The summed E-state index contributed by atoms with van der Waals surface area (Å²) in [4.78, 5) is 139. The highest BCUT2D eigenvalue weighted by Crippen LogP contribution is 2.50. The van der Waals surface area contributed by atoms with Crippen LogP contribution in [0.3, 0.4) is 0 Å². The van der Waals surface area contributed by atoms with E-state index in [0.717, 1.165) is 117 Å². The first-order valence-electron chi connectivity index (χ1n) is 42.7. The van der Waals surface area contributed by atoms with E-state index < -0.39 is 259 Å². The standard InChI is InChI=1S/C66H75Cl2N9O24.C14H21N3O3S.C10H10O4/c1-23(2)12-34(71-5)58(88)76-49-51(83)26-7-10-38(32(67)14-26)97-40-16-28-17-41(55(40)101-65-56(54(86)53(85)42(22-78)99-65)100-44-21-66(4,70)57(87)24(3)96-44)98-39-11-8-27(15-33(39)68)52(84)50-63(93)75-48(64(94)95)31-18-29(79)19-37(81)45(31)30-13-25(6-9-36(30)80)46(60(90)77-50)74-61(91)47(28)73-59(89)35(20-43(69)82)72-62(49)92;1-12-6-8-13(9-7-12)21(19,20)16-14(18)15-17-10-4-2-3-5-11-17;1-14-9-6-7(2-4-8(9)11)3-5-10(12)13/h6-11,13-19,23-24,34-35,42,44,46-54,56-57,65,71,78-81,83-87H,12,20-22,70H2,1-5H3,(H2,69,82)(H,72,92)(H,73,89)(H,74,91)(H,75,93)(H,76,88)(H,77,90)(H,94,95);6-9H,2-5,10-11H2,1H3,(H2,15,16,18);2-6,11H,1H3,(H,12,13)/b;;5-3+/t24-,34+,35-,42+,44-,46+,47+,48+,49+,50-,51+,52+,53+,54-,56+,57?,65-,66-;;/m0../s1. The van der Waals surface area contributed by atoms with Crippen LogP contribution in [0.25, 0.3) is 17.2 Å². The summed E-state index contributed by atoms with van der Waals surface area (Å²) >= 11 is 14.1. The topological polar surface area (TPSA) is 676 Å². The number of nitrogens with zero attached hydrogens (tertiary/aromatic N) is 1. The van der Waals surface area contributed by atoms with Crippen molar-refractivity contribution in [1.29, 1.82) is 0 Å². The number of aliphatic hydroxyl groups is 6. The lowest BCUT2D eigenvalue weighted by Gasteiger charge is -2.47. The van der Waals surface area contributed by atoms with Gasteiger partial charge in [0.25, 0.3) is 10.0 Å². The molecule has 0 saturated carbocycles. The van der Waals surface area contributed by atoms with Crippen molar-refractivity contribution in [2.75, 3.05) is 33.9 Å². The molecule has 8 aliphatic rings. The Bertz CT molecular complexity index is 5770. The lowest BCUT2D eigenvalue weighted by atomic mass is 9.86. The highest BCUT2D eigenvalue weighted by Gasteiger charge is 2.52. The number of carboxylic acids is 2. The van der Waals surface area contributed by atoms with Gasteiger partial charge in [0.15, 0.2) is 41.4 Å². The molecule has 8 aliphatic heterocycles. The number of carbonyl (C=O) groups is 10. The van der Waals surface area contributed by atoms with Crippen molar-refractivity contribution < 1.29 is 151 Å². The van der Waals surface area contributed by atoms with Crippen LogP contribution < -0.4 is 77.8 Å². The van der Waals surface area contributed by atoms with Gasteiger partial charge in [0.1, 0.15) is 89.5 Å². The van der Waals surface area contributed by atoms with Crippen LogP contribution >= 0.6 is 23.2 Å². The summed E-state index contributed by atoms with van der Waals surface area (Å²) in [5.74, 6) is -16.7. The van der Waals surface area contributed by atoms with Crippen molar-refractivity contribution in [1.82, 2.24) is 52.4 Å². The van der Waals surface area contributed by atoms with Crippen molar-refractivity contribution in [2.24, 2.45) is 17.4 Å². The molecule has 46 heteroatoms. The molecule has 43 nitrogen and oxygen atoms in total. The predicted octanol–water partition coefficient (Wildman–Crippen LogP) is 3.38. The summed E-state index contributed by atoms with van der Waals surface area (Å²) < 4.78 is 69.3. The van der Waals surface area contributed by atoms with Crippen LogP contribution in [-0.2, 0) is 67.4 Å². The fourth-order valence-corrected chi connectivity index (χ4v) is 17.1. The smallest absolute Gasteiger partial charge is 0.343 e. The van der Waals surface area contributed by atoms with E-state index in [1.165, 1.54) is 64.4 Å². The number of benzene rings is 7. The maximum absolute atomic E-state index is 16.0. The third-order valence-electron chi connectivity index (χ3n) is 22.8. The van der Waals surface area contributed by atoms with Gasteiger partial charge in [-0.3, -0.25) is 39.0 Å². The number of aliphatic carboxylic acids is 2. The summed E-state index contributed by atoms with van der Waals surface area (Å²) in [6.45, 7) is 9.03. The minimum atomic E-state index is -3.82. The Hall–Kier alpha value is -12.8. The number of nitrogens with one attached hydrogen (secondary N) is 9. The van der Waals surface area contributed by atoms with E-state index in [0.29, 0.717) is 11.3 Å². The van der Waals surface area contributed by atoms with Gasteiger partial charge in [-0.15, -0.1) is 0 Å². The predicted molar refractivity (Wildman–Crippen MR) is 481 cm³/mol. The second-order valence-electron chi connectivity index (χ2n) is 33.6. The van der Waals surface area contributed by atoms with Crippen LogP contribution in [0.2, 0.25) is 10.0 Å². The third kappa shape index (κ3) is 25.3. The Morgan fingerprint density at radius 2 is 1.29 bits per heavy atom. The maximum Gasteiger partial charge on any atom is 0.343 e. The number of aryl methyl sites for hydroxylation is 1. The van der Waals surface area contributed by atoms with Crippen LogP contribution in [-0.4, -0.2) is 247 Å². The fraction of sp³-hybridized carbons (Fsp3) is 0.400. The van der Waals surface area contributed by atoms with Gasteiger partial charge in [-0.05, 0) is 166 Å². The Morgan fingerprint density at radius 1 is 0.684 bits per heavy atom. The number of ether oxygens (including phenoxy) is 7. The van der Waals surface area contributed by atoms with Crippen molar-refractivity contribution >= 4 is 98.6 Å². The molecule has 0 radical (unpaired) electrons. The number of phenols is 4. The third-order valence-corrected chi connectivity index (χ3v) is 24.8. The monoisotopic (exact) mass is 1950 g/mol. The first-order valence-corrected chi connectivity index (χ1v) is 44.9. The second kappa shape index (κ2) is 44.8. The van der Waals surface area contributed by atoms with Crippen LogP contribution in [0.4, 0.5) is 4.79 Å². The number of hydrazine groups is 1. The number of hydrogen-bond acceptors (Lipinski definition) is 32. The Balaban J connectivity index is 0.000000420. The number of urea groups is 1. The number of primary amides is 1. The second-order valence-corrected chi connectivity index (χ2v) is 36.1. The van der Waals surface area contributed by atoms with Crippen LogP contribution in [0.15, 0.2) is 132 Å². The molecule has 11 bridgehead atoms. The summed E-state index contributed by atoms with van der Waals surface area (Å²) in [5.41, 5.74) is 12.2. The van der Waals surface area contributed by atoms with Crippen molar-refractivity contribution in [3.8, 4) is 68.6 Å². The number of aliphatic hydroxyl groups excluding tert-OH is 6. The number of aromatic hydroxyl groups is 4. The average molecular weight is 1950 g/mol. The van der Waals surface area contributed by atoms with Gasteiger partial charge >= 0.3 is 18.0 Å². The molecule has 0 spiro atoms. The zero-order chi connectivity index (χ0) is 99.4. The highest BCUT2D eigenvalue weighted by molar-refractivity contribution is 7.90. The van der Waals surface area contributed by atoms with Gasteiger partial charge in [0, 0.05) is 53.9 Å². The zero-order valence-electron chi connectivity index (χ0n) is 74.1. The average Bonchev–Trinajstić information content (AvgIpc) is 0.776. The largest absolute Gasteiger partial charge is 0.508 e. The molecular formula is C90H106Cl2N12O31S. The lowest BCUT2D eigenvalue weighted by molar-refractivity contribution is -0.333. The number of hydrogen-bond donors (Lipinski definition) is 23. The summed E-state index contributed by atoms with van der Waals surface area (Å²) in [6, 6.07) is 9.56. The van der Waals surface area contributed by atoms with E-state index in [9.17, 15) is 98.2 Å². The minimum Gasteiger partial charge on any atom is -0.508 e. The van der Waals surface area contributed by atoms with E-state index in [-0.39, 0.29) is 56.9 Å². The molecule has 1 unspecified atom stereocenters. The van der Waals surface area contributed by atoms with Crippen molar-refractivity contribution in [2.45, 2.75) is 194 Å². The van der Waals surface area contributed by atoms with E-state index in [1.807, 2.05) is 25.5 Å². The van der Waals surface area contributed by atoms with Crippen molar-refractivity contribution in [3.63, 3.8) is 0 Å². The summed E-state index contributed by atoms with van der Waals surface area (Å²) in [7, 11) is -0.922. The maximum atomic E-state index is 16.0. The number of halogens is 2. The Kier molecular flexibility index (Phi) is 34.2. The molecule has 9 amide bonds. The molecule has 732 valence electrons. The number of likely N-dealkylation sites (N-methyl/N-ethyl adjacent to an activating group) is 1. The number of nitrogens with two attached hydrogens (primary N) is 2. The SMILES string of the molecule is CN[C@H](CC(C)C)C(=O)N[C@H]1C(=O)N[C@@H](CC(N)=O)C(=O)N[C@H]2C(=O)N[C@H]3C(=O)N[C@H](C(=O)N[C@@H](C(=O)O)c4cc(O)cc(O)c4-c4cc3ccc4O)[C@H](O)c3ccc(c(Cl)c3)Oc3cc2cc(c3O[C@@H]2O[C@H](CO)[C@@H](O)[C@H](O)[C@H]2O[C@H]2C[C@](C)(N)C(O)[C@H](C)O2)Oc2ccc(cc2Cl)[C@H]1O.COc1cc(/C=C/C(=O)O)ccc1O.Cc1ccc(S(=O)(=O)NC(=O)NN2CCCCCC2)cc1. The van der Waals surface area contributed by atoms with Gasteiger partial charge in [0.2, 0.25) is 53.4 Å². The highest BCUT2D eigenvalue weighted by atomic mass is 35.5. The number of sulfonamides is 1. The van der Waals surface area contributed by atoms with Crippen molar-refractivity contribution in [3.05, 3.63) is 176 Å². The first-order chi connectivity index (χ1) is 64.3. The Labute approximate surface area is 787 Å². The number of carbonyl (C=O) groups excluding carboxylic acids is 8. The molecule has 3 fully saturated rings. The van der Waals surface area contributed by atoms with Gasteiger partial charge in [0.05, 0.1) is 53.3 Å². The number of amides is 9. The molecule has 0 aromatic heterocycles. The summed E-state index contributed by atoms with van der Waals surface area (Å²) in [6.07, 6.45) is -11.8. The Morgan fingerprint density at radius 3 is 1.87 bits per heavy atom. The number of carboxylic acid groups (broad SMARTS) is 2. The molecule has 7 aromatic rings. The molecule has 8 heterocycles. The zero-order valence-corrected chi connectivity index (χ0v) is 76.4. The van der Waals surface area contributed by atoms with E-state index in [1.54, 1.807) is 29.3 Å². The molecule has 7 aromatic carbocycles. The quantitative estimate of drug-likeness (QED) is 0.0516. The van der Waals surface area contributed by atoms with E-state index in [4.69, 9.17) is 72.9 Å². The summed E-state index contributed by atoms with van der Waals surface area (Å²) in [5, 5.41) is 150. The molecule has 0 aliphatic carbocycles. The molecule has 25 N–H and O–H groups in total. The molecule has 3 saturated heterocycles. The number of methoxy groups -OCH3 is 1. The molecule has 18 atom stereocenters. The normalized spacial score (nSPS) is 25.6. The number of fused-ring (bicyclic) bond motifs is 15. The van der Waals surface area contributed by atoms with E-state index in [2.05, 4.69) is 42.6 Å². The molecule has 15 rings (SSSR count). The first kappa shape index (κ1) is 104. The minimum absolute atomic E-state index is 0.0278. The number of rotatable bonds is 19. The molecular weight excluding hydrogens is 1850 g/mol. The number of phenolic OH excluding ortho intramolecular Hbond substituents is 4. The molecule has 136 heavy (non-hydrogen) atoms. The van der Waals surface area contributed by atoms with Crippen LogP contribution in [0, 0.1) is 12.8 Å². The van der Waals surface area contributed by atoms with Gasteiger partial charge < -0.3 is 143 Å². The van der Waals surface area contributed by atoms with Gasteiger partial charge in [-0.25, -0.2) is 32.5 Å². The van der Waals surface area contributed by atoms with Gasteiger partial charge in [-0.2, -0.15) is 0 Å². The van der Waals surface area contributed by atoms with Crippen LogP contribution in [0.5, 0.6) is 57.5 Å². The lowest BCUT2D eigenvalue weighted by Crippen LogP contribution is -2.64. The van der Waals surface area contributed by atoms with Crippen LogP contribution in [0.1, 0.15) is 142 Å². The fourth-order valence-electron chi connectivity index (χ4n) is 15.7.